The van der Waals surface area contributed by atoms with Crippen LogP contribution < -0.4 is 0 Å². The second-order valence-electron chi connectivity index (χ2n) is 3.24. The van der Waals surface area contributed by atoms with E-state index in [1.54, 1.807) is 6.21 Å². The summed E-state index contributed by atoms with van der Waals surface area (Å²) in [4.78, 5) is 0. The van der Waals surface area contributed by atoms with Crippen molar-refractivity contribution in [1.29, 1.82) is 0 Å². The highest BCUT2D eigenvalue weighted by Crippen LogP contribution is 2.19. The van der Waals surface area contributed by atoms with Gasteiger partial charge in [0.05, 0.1) is 0 Å². The van der Waals surface area contributed by atoms with Crippen LogP contribution in [0.5, 0.6) is 0 Å². The molecule has 0 aromatic heterocycles. The summed E-state index contributed by atoms with van der Waals surface area (Å²) in [6, 6.07) is 0.295. The molecule has 2 nitrogen and oxygen atoms in total. The molecule has 0 N–H and O–H groups in total. The van der Waals surface area contributed by atoms with Crippen molar-refractivity contribution < 1.29 is 4.74 Å². The summed E-state index contributed by atoms with van der Waals surface area (Å²) in [5, 5.41) is 11.3. The summed E-state index contributed by atoms with van der Waals surface area (Å²) >= 11 is 0. The molecular formula is C9H17NO. The van der Waals surface area contributed by atoms with E-state index in [2.05, 4.69) is 0 Å². The molecule has 0 aliphatic heterocycles. The lowest BCUT2D eigenvalue weighted by Gasteiger charge is -2.20. The molecule has 0 unspecified atom stereocenters. The van der Waals surface area contributed by atoms with Gasteiger partial charge in [-0.05, 0) is 12.8 Å². The van der Waals surface area contributed by atoms with Gasteiger partial charge in [-0.15, -0.1) is 0 Å². The van der Waals surface area contributed by atoms with Gasteiger partial charge < -0.3 is 5.21 Å². The Hall–Kier alpha value is -0.530. The SMILES string of the molecule is CC/C=[N+](\[O-])C1CCCCC1. The van der Waals surface area contributed by atoms with Crippen molar-refractivity contribution in [2.75, 3.05) is 0 Å². The Balaban J connectivity index is 2.38. The first-order chi connectivity index (χ1) is 5.34. The number of hydrogen-bond donors (Lipinski definition) is 0. The Labute approximate surface area is 68.5 Å². The minimum absolute atomic E-state index is 0.295. The average Bonchev–Trinajstić information content (AvgIpc) is 2.07. The van der Waals surface area contributed by atoms with E-state index < -0.39 is 0 Å². The highest BCUT2D eigenvalue weighted by atomic mass is 16.5. The molecule has 1 rings (SSSR count). The minimum Gasteiger partial charge on any atom is -0.624 e. The molecule has 11 heavy (non-hydrogen) atoms. The standard InChI is InChI=1S/C9H17NO/c1-2-8-10(11)9-6-4-3-5-7-9/h8-9H,2-7H2,1H3/b10-8-. The van der Waals surface area contributed by atoms with Gasteiger partial charge in [0.25, 0.3) is 0 Å². The molecule has 0 aromatic carbocycles. The lowest BCUT2D eigenvalue weighted by molar-refractivity contribution is -0.502. The third-order valence-electron chi connectivity index (χ3n) is 2.30. The third kappa shape index (κ3) is 2.52. The average molecular weight is 155 g/mol. The molecular weight excluding hydrogens is 138 g/mol. The van der Waals surface area contributed by atoms with Crippen molar-refractivity contribution in [3.63, 3.8) is 0 Å². The van der Waals surface area contributed by atoms with E-state index in [0.717, 1.165) is 19.3 Å². The summed E-state index contributed by atoms with van der Waals surface area (Å²) in [7, 11) is 0. The maximum Gasteiger partial charge on any atom is 0.162 e. The fourth-order valence-corrected chi connectivity index (χ4v) is 1.66. The van der Waals surface area contributed by atoms with Crippen LogP contribution in [0, 0.1) is 5.21 Å². The first-order valence-corrected chi connectivity index (χ1v) is 4.63. The highest BCUT2D eigenvalue weighted by Gasteiger charge is 2.18. The van der Waals surface area contributed by atoms with E-state index >= 15 is 0 Å². The van der Waals surface area contributed by atoms with Crippen LogP contribution in [0.1, 0.15) is 45.4 Å². The Bertz CT molecular complexity index is 136. The lowest BCUT2D eigenvalue weighted by atomic mass is 9.96. The van der Waals surface area contributed by atoms with Gasteiger partial charge in [0.1, 0.15) is 0 Å². The molecule has 0 spiro atoms. The van der Waals surface area contributed by atoms with E-state index in [0.29, 0.717) is 6.04 Å². The molecule has 0 bridgehead atoms. The molecule has 0 heterocycles. The second kappa shape index (κ2) is 4.37. The first-order valence-electron chi connectivity index (χ1n) is 4.63. The number of hydrogen-bond acceptors (Lipinski definition) is 1. The van der Waals surface area contributed by atoms with Crippen LogP contribution in [0.3, 0.4) is 0 Å². The van der Waals surface area contributed by atoms with E-state index in [4.69, 9.17) is 0 Å². The van der Waals surface area contributed by atoms with Crippen LogP contribution in [0.2, 0.25) is 0 Å². The Kier molecular flexibility index (Phi) is 3.40. The lowest BCUT2D eigenvalue weighted by Crippen LogP contribution is -2.24. The zero-order chi connectivity index (χ0) is 8.10. The summed E-state index contributed by atoms with van der Waals surface area (Å²) in [6.07, 6.45) is 8.61. The van der Waals surface area contributed by atoms with Crippen LogP contribution in [0.4, 0.5) is 0 Å². The predicted molar refractivity (Wildman–Crippen MR) is 46.9 cm³/mol. The second-order valence-corrected chi connectivity index (χ2v) is 3.24. The predicted octanol–water partition coefficient (Wildman–Crippen LogP) is 2.31. The fourth-order valence-electron chi connectivity index (χ4n) is 1.66. The van der Waals surface area contributed by atoms with E-state index in [1.165, 1.54) is 24.0 Å². The van der Waals surface area contributed by atoms with Crippen LogP contribution in [0.15, 0.2) is 0 Å². The smallest absolute Gasteiger partial charge is 0.162 e. The summed E-state index contributed by atoms with van der Waals surface area (Å²) < 4.78 is 1.17. The van der Waals surface area contributed by atoms with Crippen LogP contribution in [0.25, 0.3) is 0 Å². The highest BCUT2D eigenvalue weighted by molar-refractivity contribution is 5.50. The molecule has 64 valence electrons. The molecule has 1 fully saturated rings. The molecule has 1 aliphatic rings. The van der Waals surface area contributed by atoms with Crippen molar-refractivity contribution in [3.05, 3.63) is 5.21 Å². The van der Waals surface area contributed by atoms with Crippen LogP contribution in [-0.2, 0) is 0 Å². The van der Waals surface area contributed by atoms with E-state index in [9.17, 15) is 5.21 Å². The molecule has 1 aliphatic carbocycles. The zero-order valence-electron chi connectivity index (χ0n) is 7.25. The van der Waals surface area contributed by atoms with Crippen molar-refractivity contribution in [1.82, 2.24) is 0 Å². The third-order valence-corrected chi connectivity index (χ3v) is 2.30. The monoisotopic (exact) mass is 155 g/mol. The van der Waals surface area contributed by atoms with E-state index in [1.807, 2.05) is 6.92 Å². The molecule has 0 radical (unpaired) electrons. The molecule has 0 aromatic rings. The van der Waals surface area contributed by atoms with Gasteiger partial charge in [-0.25, -0.2) is 4.74 Å². The molecule has 0 atom stereocenters. The minimum atomic E-state index is 0.295. The molecule has 2 heteroatoms. The fraction of sp³-hybridized carbons (Fsp3) is 0.889. The van der Waals surface area contributed by atoms with E-state index in [-0.39, 0.29) is 0 Å². The quantitative estimate of drug-likeness (QED) is 0.260. The van der Waals surface area contributed by atoms with Crippen LogP contribution >= 0.6 is 0 Å². The Morgan fingerprint density at radius 1 is 1.36 bits per heavy atom. The molecule has 0 saturated heterocycles. The van der Waals surface area contributed by atoms with Gasteiger partial charge in [-0.3, -0.25) is 0 Å². The number of nitrogens with zero attached hydrogens (tertiary/aromatic N) is 1. The zero-order valence-corrected chi connectivity index (χ0v) is 7.25. The van der Waals surface area contributed by atoms with Gasteiger partial charge >= 0.3 is 0 Å². The molecule has 1 saturated carbocycles. The number of rotatable bonds is 2. The topological polar surface area (TPSA) is 26.1 Å². The van der Waals surface area contributed by atoms with Crippen molar-refractivity contribution in [2.24, 2.45) is 0 Å². The summed E-state index contributed by atoms with van der Waals surface area (Å²) in [5.41, 5.74) is 0. The number of hydroxylamine groups is 1. The van der Waals surface area contributed by atoms with Gasteiger partial charge in [0.2, 0.25) is 0 Å². The van der Waals surface area contributed by atoms with Gasteiger partial charge in [0, 0.05) is 19.3 Å². The van der Waals surface area contributed by atoms with Crippen molar-refractivity contribution in [3.8, 4) is 0 Å². The van der Waals surface area contributed by atoms with Gasteiger partial charge in [-0.2, -0.15) is 0 Å². The maximum atomic E-state index is 11.3. The van der Waals surface area contributed by atoms with Gasteiger partial charge in [-0.1, -0.05) is 13.3 Å². The largest absolute Gasteiger partial charge is 0.624 e. The summed E-state index contributed by atoms with van der Waals surface area (Å²) in [6.45, 7) is 2.01. The Morgan fingerprint density at radius 3 is 2.55 bits per heavy atom. The summed E-state index contributed by atoms with van der Waals surface area (Å²) in [5.74, 6) is 0. The normalized spacial score (nSPS) is 22.1. The van der Waals surface area contributed by atoms with Crippen molar-refractivity contribution in [2.45, 2.75) is 51.5 Å². The van der Waals surface area contributed by atoms with Gasteiger partial charge in [0.15, 0.2) is 12.3 Å². The van der Waals surface area contributed by atoms with Crippen molar-refractivity contribution >= 4 is 6.21 Å². The molecule has 0 amide bonds. The maximum absolute atomic E-state index is 11.3. The van der Waals surface area contributed by atoms with Crippen LogP contribution in [-0.4, -0.2) is 17.0 Å². The first kappa shape index (κ1) is 8.57. The Morgan fingerprint density at radius 2 is 2.00 bits per heavy atom.